The zero-order chi connectivity index (χ0) is 10.4. The molecule has 0 heterocycles. The van der Waals surface area contributed by atoms with Crippen LogP contribution in [-0.2, 0) is 6.54 Å². The third kappa shape index (κ3) is 3.08. The van der Waals surface area contributed by atoms with Gasteiger partial charge in [0, 0.05) is 12.2 Å². The second-order valence-electron chi connectivity index (χ2n) is 3.20. The molecule has 0 fully saturated rings. The van der Waals surface area contributed by atoms with Gasteiger partial charge in [-0.05, 0) is 24.2 Å². The highest BCUT2D eigenvalue weighted by molar-refractivity contribution is 5.39. The Labute approximate surface area is 84.7 Å². The lowest BCUT2D eigenvalue weighted by Crippen LogP contribution is -2.22. The number of nitrogens with two attached hydrogens (primary N) is 1. The Morgan fingerprint density at radius 2 is 2.00 bits per heavy atom. The van der Waals surface area contributed by atoms with E-state index in [1.807, 2.05) is 24.3 Å². The maximum atomic E-state index is 8.58. The first-order chi connectivity index (χ1) is 6.76. The van der Waals surface area contributed by atoms with Crippen LogP contribution in [-0.4, -0.2) is 18.0 Å². The minimum atomic E-state index is 0.473. The Morgan fingerprint density at radius 1 is 1.36 bits per heavy atom. The van der Waals surface area contributed by atoms with Crippen molar-refractivity contribution in [3.8, 4) is 6.07 Å². The molecular formula is C11H15N3. The first-order valence-electron chi connectivity index (χ1n) is 4.70. The Balaban J connectivity index is 2.59. The van der Waals surface area contributed by atoms with Crippen LogP contribution in [0.4, 0.5) is 5.69 Å². The number of hydrogen-bond acceptors (Lipinski definition) is 3. The van der Waals surface area contributed by atoms with Gasteiger partial charge in [0.25, 0.3) is 0 Å². The fraction of sp³-hybridized carbons (Fsp3) is 0.364. The largest absolute Gasteiger partial charge is 0.399 e. The van der Waals surface area contributed by atoms with Crippen LogP contribution in [0.15, 0.2) is 24.3 Å². The molecule has 0 saturated heterocycles. The van der Waals surface area contributed by atoms with E-state index in [2.05, 4.69) is 17.9 Å². The lowest BCUT2D eigenvalue weighted by Gasteiger charge is -2.16. The molecule has 0 aromatic heterocycles. The summed E-state index contributed by atoms with van der Waals surface area (Å²) in [5.41, 5.74) is 7.55. The average molecular weight is 189 g/mol. The molecule has 2 N–H and O–H groups in total. The van der Waals surface area contributed by atoms with E-state index in [4.69, 9.17) is 11.0 Å². The van der Waals surface area contributed by atoms with E-state index in [9.17, 15) is 0 Å². The van der Waals surface area contributed by atoms with Crippen LogP contribution in [0.5, 0.6) is 0 Å². The van der Waals surface area contributed by atoms with E-state index < -0.39 is 0 Å². The molecule has 0 bridgehead atoms. The Hall–Kier alpha value is -1.53. The lowest BCUT2D eigenvalue weighted by molar-refractivity contribution is 0.315. The van der Waals surface area contributed by atoms with Crippen LogP contribution in [0.1, 0.15) is 12.5 Å². The van der Waals surface area contributed by atoms with Crippen LogP contribution in [0, 0.1) is 11.3 Å². The van der Waals surface area contributed by atoms with Crippen molar-refractivity contribution in [1.29, 1.82) is 5.26 Å². The molecule has 0 saturated carbocycles. The lowest BCUT2D eigenvalue weighted by atomic mass is 10.2. The van der Waals surface area contributed by atoms with Crippen molar-refractivity contribution in [2.45, 2.75) is 13.5 Å². The number of anilines is 1. The van der Waals surface area contributed by atoms with E-state index in [1.54, 1.807) is 0 Å². The quantitative estimate of drug-likeness (QED) is 0.578. The molecule has 0 aliphatic carbocycles. The molecule has 3 nitrogen and oxygen atoms in total. The number of nitrogen functional groups attached to an aromatic ring is 1. The van der Waals surface area contributed by atoms with Crippen molar-refractivity contribution >= 4 is 5.69 Å². The van der Waals surface area contributed by atoms with Gasteiger partial charge in [-0.15, -0.1) is 0 Å². The Bertz CT molecular complexity index is 310. The number of benzene rings is 1. The molecule has 0 amide bonds. The van der Waals surface area contributed by atoms with Gasteiger partial charge in [-0.1, -0.05) is 19.1 Å². The van der Waals surface area contributed by atoms with E-state index in [1.165, 1.54) is 5.56 Å². The minimum absolute atomic E-state index is 0.473. The molecule has 0 aliphatic rings. The summed E-state index contributed by atoms with van der Waals surface area (Å²) in [4.78, 5) is 2.07. The maximum absolute atomic E-state index is 8.58. The smallest absolute Gasteiger partial charge is 0.0868 e. The number of nitriles is 1. The predicted molar refractivity (Wildman–Crippen MR) is 57.4 cm³/mol. The zero-order valence-corrected chi connectivity index (χ0v) is 8.40. The van der Waals surface area contributed by atoms with Crippen molar-refractivity contribution in [3.63, 3.8) is 0 Å². The molecular weight excluding hydrogens is 174 g/mol. The van der Waals surface area contributed by atoms with Crippen LogP contribution >= 0.6 is 0 Å². The zero-order valence-electron chi connectivity index (χ0n) is 8.40. The number of rotatable bonds is 4. The van der Waals surface area contributed by atoms with Crippen LogP contribution < -0.4 is 5.73 Å². The molecule has 1 aromatic carbocycles. The second-order valence-corrected chi connectivity index (χ2v) is 3.20. The molecule has 3 heteroatoms. The van der Waals surface area contributed by atoms with Crippen molar-refractivity contribution in [1.82, 2.24) is 4.90 Å². The Kier molecular flexibility index (Phi) is 3.96. The van der Waals surface area contributed by atoms with Crippen LogP contribution in [0.3, 0.4) is 0 Å². The minimum Gasteiger partial charge on any atom is -0.399 e. The average Bonchev–Trinajstić information content (AvgIpc) is 2.20. The molecule has 0 unspecified atom stereocenters. The van der Waals surface area contributed by atoms with Gasteiger partial charge in [0.05, 0.1) is 12.6 Å². The van der Waals surface area contributed by atoms with Gasteiger partial charge >= 0.3 is 0 Å². The van der Waals surface area contributed by atoms with E-state index in [-0.39, 0.29) is 0 Å². The molecule has 1 rings (SSSR count). The predicted octanol–water partition coefficient (Wildman–Crippen LogP) is 1.61. The molecule has 0 atom stereocenters. The van der Waals surface area contributed by atoms with Gasteiger partial charge in [-0.2, -0.15) is 5.26 Å². The highest BCUT2D eigenvalue weighted by Gasteiger charge is 2.01. The molecule has 0 aliphatic heterocycles. The summed E-state index contributed by atoms with van der Waals surface area (Å²) in [6.07, 6.45) is 0. The topological polar surface area (TPSA) is 53.0 Å². The van der Waals surface area contributed by atoms with E-state index >= 15 is 0 Å². The summed E-state index contributed by atoms with van der Waals surface area (Å²) in [5.74, 6) is 0. The van der Waals surface area contributed by atoms with Crippen molar-refractivity contribution < 1.29 is 0 Å². The van der Waals surface area contributed by atoms with Gasteiger partial charge < -0.3 is 5.73 Å². The highest BCUT2D eigenvalue weighted by Crippen LogP contribution is 2.07. The van der Waals surface area contributed by atoms with E-state index in [0.29, 0.717) is 6.54 Å². The monoisotopic (exact) mass is 189 g/mol. The summed E-state index contributed by atoms with van der Waals surface area (Å²) in [5, 5.41) is 8.58. The van der Waals surface area contributed by atoms with E-state index in [0.717, 1.165) is 18.8 Å². The highest BCUT2D eigenvalue weighted by atomic mass is 15.1. The molecule has 0 spiro atoms. The maximum Gasteiger partial charge on any atom is 0.0868 e. The fourth-order valence-electron chi connectivity index (χ4n) is 1.26. The van der Waals surface area contributed by atoms with Crippen molar-refractivity contribution in [2.24, 2.45) is 0 Å². The first-order valence-corrected chi connectivity index (χ1v) is 4.70. The van der Waals surface area contributed by atoms with Gasteiger partial charge in [0.2, 0.25) is 0 Å². The number of nitrogens with zero attached hydrogens (tertiary/aromatic N) is 2. The molecule has 14 heavy (non-hydrogen) atoms. The Morgan fingerprint density at radius 3 is 2.50 bits per heavy atom. The van der Waals surface area contributed by atoms with Crippen molar-refractivity contribution in [3.05, 3.63) is 29.8 Å². The van der Waals surface area contributed by atoms with Gasteiger partial charge in [-0.3, -0.25) is 4.90 Å². The number of hydrogen-bond donors (Lipinski definition) is 1. The summed E-state index contributed by atoms with van der Waals surface area (Å²) in [6, 6.07) is 9.91. The van der Waals surface area contributed by atoms with Gasteiger partial charge in [-0.25, -0.2) is 0 Å². The molecule has 0 radical (unpaired) electrons. The molecule has 1 aromatic rings. The van der Waals surface area contributed by atoms with Gasteiger partial charge in [0.1, 0.15) is 0 Å². The SMILES string of the molecule is CCN(CC#N)Cc1ccc(N)cc1. The van der Waals surface area contributed by atoms with Crippen molar-refractivity contribution in [2.75, 3.05) is 18.8 Å². The summed E-state index contributed by atoms with van der Waals surface area (Å²) < 4.78 is 0. The normalized spacial score (nSPS) is 10.1. The van der Waals surface area contributed by atoms with Crippen LogP contribution in [0.2, 0.25) is 0 Å². The fourth-order valence-corrected chi connectivity index (χ4v) is 1.26. The standard InChI is InChI=1S/C11H15N3/c1-2-14(8-7-12)9-10-3-5-11(13)6-4-10/h3-6H,2,8-9,13H2,1H3. The summed E-state index contributed by atoms with van der Waals surface area (Å²) in [6.45, 7) is 4.22. The summed E-state index contributed by atoms with van der Waals surface area (Å²) >= 11 is 0. The second kappa shape index (κ2) is 5.25. The first kappa shape index (κ1) is 10.6. The molecule has 74 valence electrons. The van der Waals surface area contributed by atoms with Crippen LogP contribution in [0.25, 0.3) is 0 Å². The summed E-state index contributed by atoms with van der Waals surface area (Å²) in [7, 11) is 0. The third-order valence-corrected chi connectivity index (χ3v) is 2.13. The van der Waals surface area contributed by atoms with Gasteiger partial charge in [0.15, 0.2) is 0 Å². The third-order valence-electron chi connectivity index (χ3n) is 2.13.